The number of rotatable bonds is 2. The fraction of sp³-hybridized carbons (Fsp3) is 0.818. The molecule has 0 spiro atoms. The molecular weight excluding hydrogens is 210 g/mol. The molecule has 0 aromatic carbocycles. The molecule has 0 aromatic heterocycles. The summed E-state index contributed by atoms with van der Waals surface area (Å²) in [4.78, 5) is 25.5. The van der Waals surface area contributed by atoms with E-state index in [1.54, 1.807) is 6.92 Å². The van der Waals surface area contributed by atoms with Gasteiger partial charge in [0.05, 0.1) is 19.8 Å². The molecule has 2 saturated heterocycles. The van der Waals surface area contributed by atoms with Crippen molar-refractivity contribution in [2.24, 2.45) is 5.92 Å². The molecule has 0 N–H and O–H groups in total. The summed E-state index contributed by atoms with van der Waals surface area (Å²) >= 11 is 0. The Morgan fingerprint density at radius 1 is 1.62 bits per heavy atom. The van der Waals surface area contributed by atoms with E-state index in [9.17, 15) is 9.59 Å². The first-order valence-electron chi connectivity index (χ1n) is 5.73. The number of fused-ring (bicyclic) bond motifs is 1. The lowest BCUT2D eigenvalue weighted by molar-refractivity contribution is -0.157. The summed E-state index contributed by atoms with van der Waals surface area (Å²) in [6, 6.07) is 0.159. The normalized spacial score (nSPS) is 30.9. The number of carbonyl (C=O) groups is 2. The molecule has 0 saturated carbocycles. The van der Waals surface area contributed by atoms with Gasteiger partial charge in [0, 0.05) is 25.6 Å². The molecule has 2 rings (SSSR count). The van der Waals surface area contributed by atoms with Crippen LogP contribution in [0.5, 0.6) is 0 Å². The molecule has 0 bridgehead atoms. The monoisotopic (exact) mass is 227 g/mol. The quantitative estimate of drug-likeness (QED) is 0.484. The van der Waals surface area contributed by atoms with Gasteiger partial charge in [0.15, 0.2) is 0 Å². The maximum atomic E-state index is 11.8. The van der Waals surface area contributed by atoms with Crippen LogP contribution in [0.2, 0.25) is 0 Å². The van der Waals surface area contributed by atoms with E-state index in [4.69, 9.17) is 9.47 Å². The minimum atomic E-state index is -0.589. The molecule has 0 aliphatic carbocycles. The maximum Gasteiger partial charge on any atom is 0.317 e. The van der Waals surface area contributed by atoms with Crippen molar-refractivity contribution in [1.82, 2.24) is 4.90 Å². The lowest BCUT2D eigenvalue weighted by Gasteiger charge is -2.40. The van der Waals surface area contributed by atoms with Crippen molar-refractivity contribution in [1.29, 1.82) is 0 Å². The fourth-order valence-electron chi connectivity index (χ4n) is 2.28. The van der Waals surface area contributed by atoms with Crippen molar-refractivity contribution >= 4 is 11.8 Å². The minimum absolute atomic E-state index is 0.00907. The van der Waals surface area contributed by atoms with Gasteiger partial charge in [-0.2, -0.15) is 0 Å². The van der Waals surface area contributed by atoms with E-state index in [1.807, 2.05) is 0 Å². The molecule has 2 unspecified atom stereocenters. The fourth-order valence-corrected chi connectivity index (χ4v) is 2.28. The SMILES string of the molecule is CCOC(=O)C1CN2CCOCC2CC1=O. The maximum absolute atomic E-state index is 11.8. The van der Waals surface area contributed by atoms with Gasteiger partial charge in [0.25, 0.3) is 0 Å². The number of esters is 1. The van der Waals surface area contributed by atoms with E-state index >= 15 is 0 Å². The highest BCUT2D eigenvalue weighted by molar-refractivity contribution is 6.00. The number of morpholine rings is 1. The van der Waals surface area contributed by atoms with Crippen molar-refractivity contribution in [3.8, 4) is 0 Å². The van der Waals surface area contributed by atoms with Gasteiger partial charge in [-0.05, 0) is 6.92 Å². The highest BCUT2D eigenvalue weighted by Gasteiger charge is 2.40. The second-order valence-electron chi connectivity index (χ2n) is 4.20. The van der Waals surface area contributed by atoms with Crippen molar-refractivity contribution in [2.45, 2.75) is 19.4 Å². The second-order valence-corrected chi connectivity index (χ2v) is 4.20. The molecule has 5 heteroatoms. The van der Waals surface area contributed by atoms with E-state index in [1.165, 1.54) is 0 Å². The Hall–Kier alpha value is -0.940. The third-order valence-corrected chi connectivity index (χ3v) is 3.16. The number of carbonyl (C=O) groups excluding carboxylic acids is 2. The summed E-state index contributed by atoms with van der Waals surface area (Å²) in [5.41, 5.74) is 0. The molecular formula is C11H17NO4. The molecule has 2 fully saturated rings. The van der Waals surface area contributed by atoms with Crippen molar-refractivity contribution in [3.05, 3.63) is 0 Å². The molecule has 16 heavy (non-hydrogen) atoms. The van der Waals surface area contributed by atoms with E-state index < -0.39 is 5.92 Å². The average Bonchev–Trinajstić information content (AvgIpc) is 2.28. The largest absolute Gasteiger partial charge is 0.465 e. The molecule has 90 valence electrons. The Bertz CT molecular complexity index is 292. The summed E-state index contributed by atoms with van der Waals surface area (Å²) < 4.78 is 10.2. The first kappa shape index (κ1) is 11.5. The number of hydrogen-bond acceptors (Lipinski definition) is 5. The van der Waals surface area contributed by atoms with Crippen LogP contribution in [-0.4, -0.2) is 55.6 Å². The van der Waals surface area contributed by atoms with Crippen LogP contribution in [0.15, 0.2) is 0 Å². The van der Waals surface area contributed by atoms with E-state index in [0.29, 0.717) is 32.8 Å². The van der Waals surface area contributed by atoms with Crippen molar-refractivity contribution in [2.75, 3.05) is 32.9 Å². The van der Waals surface area contributed by atoms with Crippen molar-refractivity contribution in [3.63, 3.8) is 0 Å². The summed E-state index contributed by atoms with van der Waals surface area (Å²) in [5, 5.41) is 0. The number of Topliss-reactive ketones (excluding diaryl/α,β-unsaturated/α-hetero) is 1. The third kappa shape index (κ3) is 2.25. The number of nitrogens with zero attached hydrogens (tertiary/aromatic N) is 1. The number of piperidine rings is 1. The van der Waals surface area contributed by atoms with Gasteiger partial charge in [0.1, 0.15) is 11.7 Å². The summed E-state index contributed by atoms with van der Waals surface area (Å²) in [7, 11) is 0. The van der Waals surface area contributed by atoms with Crippen LogP contribution in [0.1, 0.15) is 13.3 Å². The minimum Gasteiger partial charge on any atom is -0.465 e. The van der Waals surface area contributed by atoms with Crippen LogP contribution in [0, 0.1) is 5.92 Å². The summed E-state index contributed by atoms with van der Waals surface area (Å²) in [6.07, 6.45) is 0.406. The Labute approximate surface area is 94.7 Å². The van der Waals surface area contributed by atoms with Gasteiger partial charge < -0.3 is 9.47 Å². The van der Waals surface area contributed by atoms with Gasteiger partial charge >= 0.3 is 5.97 Å². The molecule has 2 atom stereocenters. The molecule has 2 aliphatic heterocycles. The Kier molecular flexibility index (Phi) is 3.56. The zero-order chi connectivity index (χ0) is 11.5. The lowest BCUT2D eigenvalue weighted by atomic mass is 9.91. The Morgan fingerprint density at radius 3 is 3.19 bits per heavy atom. The van der Waals surface area contributed by atoms with Crippen LogP contribution in [0.25, 0.3) is 0 Å². The van der Waals surface area contributed by atoms with E-state index in [2.05, 4.69) is 4.90 Å². The smallest absolute Gasteiger partial charge is 0.317 e. The third-order valence-electron chi connectivity index (χ3n) is 3.16. The highest BCUT2D eigenvalue weighted by atomic mass is 16.5. The van der Waals surface area contributed by atoms with E-state index in [0.717, 1.165) is 6.54 Å². The van der Waals surface area contributed by atoms with Crippen LogP contribution < -0.4 is 0 Å². The average molecular weight is 227 g/mol. The second kappa shape index (κ2) is 4.93. The number of hydrogen-bond donors (Lipinski definition) is 0. The predicted octanol–water partition coefficient (Wildman–Crippen LogP) is -0.161. The van der Waals surface area contributed by atoms with Crippen molar-refractivity contribution < 1.29 is 19.1 Å². The lowest BCUT2D eigenvalue weighted by Crippen LogP contribution is -2.55. The zero-order valence-electron chi connectivity index (χ0n) is 9.48. The summed E-state index contributed by atoms with van der Waals surface area (Å²) in [5.74, 6) is -0.975. The highest BCUT2D eigenvalue weighted by Crippen LogP contribution is 2.22. The van der Waals surface area contributed by atoms with Gasteiger partial charge in [-0.15, -0.1) is 0 Å². The van der Waals surface area contributed by atoms with E-state index in [-0.39, 0.29) is 17.8 Å². The topological polar surface area (TPSA) is 55.8 Å². The molecule has 0 amide bonds. The zero-order valence-corrected chi connectivity index (χ0v) is 9.48. The number of ketones is 1. The number of ether oxygens (including phenoxy) is 2. The first-order chi connectivity index (χ1) is 7.72. The van der Waals surface area contributed by atoms with Crippen LogP contribution >= 0.6 is 0 Å². The standard InChI is InChI=1S/C11H17NO4/c1-2-16-11(14)9-6-12-3-4-15-7-8(12)5-10(9)13/h8-9H,2-7H2,1H3. The summed E-state index contributed by atoms with van der Waals surface area (Å²) in [6.45, 7) is 4.65. The molecule has 2 heterocycles. The van der Waals surface area contributed by atoms with Gasteiger partial charge in [-0.25, -0.2) is 0 Å². The van der Waals surface area contributed by atoms with Crippen LogP contribution in [-0.2, 0) is 19.1 Å². The van der Waals surface area contributed by atoms with Crippen LogP contribution in [0.4, 0.5) is 0 Å². The molecule has 0 aromatic rings. The molecule has 0 radical (unpaired) electrons. The van der Waals surface area contributed by atoms with Gasteiger partial charge in [-0.1, -0.05) is 0 Å². The Morgan fingerprint density at radius 2 is 2.44 bits per heavy atom. The predicted molar refractivity (Wildman–Crippen MR) is 55.9 cm³/mol. The molecule has 2 aliphatic rings. The molecule has 5 nitrogen and oxygen atoms in total. The van der Waals surface area contributed by atoms with Gasteiger partial charge in [-0.3, -0.25) is 14.5 Å². The Balaban J connectivity index is 2.00. The van der Waals surface area contributed by atoms with Crippen LogP contribution in [0.3, 0.4) is 0 Å². The van der Waals surface area contributed by atoms with Gasteiger partial charge in [0.2, 0.25) is 0 Å². The first-order valence-corrected chi connectivity index (χ1v) is 5.73.